The zero-order chi connectivity index (χ0) is 16.5. The van der Waals surface area contributed by atoms with Crippen LogP contribution in [-0.2, 0) is 16.0 Å². The summed E-state index contributed by atoms with van der Waals surface area (Å²) in [5.74, 6) is 0.834. The fourth-order valence-electron chi connectivity index (χ4n) is 2.33. The van der Waals surface area contributed by atoms with Crippen LogP contribution in [0, 0.1) is 6.92 Å². The second kappa shape index (κ2) is 9.93. The van der Waals surface area contributed by atoms with Crippen LogP contribution in [0.25, 0.3) is 0 Å². The zero-order valence-corrected chi connectivity index (χ0v) is 14.7. The lowest BCUT2D eigenvalue weighted by molar-refractivity contribution is -0.140. The number of hydrogen-bond acceptors (Lipinski definition) is 4. The average Bonchev–Trinajstić information content (AvgIpc) is 2.49. The Morgan fingerprint density at radius 2 is 1.95 bits per heavy atom. The highest BCUT2D eigenvalue weighted by Gasteiger charge is 2.13. The summed E-state index contributed by atoms with van der Waals surface area (Å²) in [6, 6.07) is 5.97. The number of nitrogens with zero attached hydrogens (tertiary/aromatic N) is 1. The molecule has 0 bridgehead atoms. The summed E-state index contributed by atoms with van der Waals surface area (Å²) in [6.07, 6.45) is 0.870. The highest BCUT2D eigenvalue weighted by atomic mass is 35.5. The number of carbonyl (C=O) groups excluding carboxylic acids is 1. The highest BCUT2D eigenvalue weighted by molar-refractivity contribution is 6.18. The lowest BCUT2D eigenvalue weighted by atomic mass is 9.99. The third kappa shape index (κ3) is 6.03. The van der Waals surface area contributed by atoms with Crippen LogP contribution in [-0.4, -0.2) is 44.0 Å². The van der Waals surface area contributed by atoms with Gasteiger partial charge in [0.25, 0.3) is 0 Å². The first-order valence-corrected chi connectivity index (χ1v) is 8.37. The van der Waals surface area contributed by atoms with E-state index < -0.39 is 0 Å². The fraction of sp³-hybridized carbons (Fsp3) is 0.562. The first-order valence-electron chi connectivity index (χ1n) is 7.30. The molecule has 2 N–H and O–H groups in total. The van der Waals surface area contributed by atoms with E-state index in [-0.39, 0.29) is 18.4 Å². The molecule has 1 unspecified atom stereocenters. The summed E-state index contributed by atoms with van der Waals surface area (Å²) in [5.41, 5.74) is 9.38. The molecule has 1 aromatic rings. The number of halogens is 2. The Labute approximate surface area is 142 Å². The maximum absolute atomic E-state index is 11.3. The molecule has 0 aromatic heterocycles. The average molecular weight is 347 g/mol. The van der Waals surface area contributed by atoms with Crippen molar-refractivity contribution >= 4 is 34.9 Å². The molecule has 0 spiro atoms. The molecular weight excluding hydrogens is 323 g/mol. The van der Waals surface area contributed by atoms with Gasteiger partial charge in [0.2, 0.25) is 0 Å². The van der Waals surface area contributed by atoms with E-state index in [1.165, 1.54) is 7.11 Å². The van der Waals surface area contributed by atoms with Gasteiger partial charge >= 0.3 is 5.97 Å². The number of aryl methyl sites for hydroxylation is 1. The van der Waals surface area contributed by atoms with Crippen molar-refractivity contribution in [1.29, 1.82) is 0 Å². The molecule has 4 nitrogen and oxygen atoms in total. The minimum atomic E-state index is -0.280. The largest absolute Gasteiger partial charge is 0.469 e. The summed E-state index contributed by atoms with van der Waals surface area (Å²) >= 11 is 11.7. The Kier molecular flexibility index (Phi) is 8.61. The van der Waals surface area contributed by atoms with E-state index in [9.17, 15) is 4.79 Å². The number of rotatable bonds is 9. The van der Waals surface area contributed by atoms with Gasteiger partial charge in [0, 0.05) is 36.6 Å². The lowest BCUT2D eigenvalue weighted by Crippen LogP contribution is -2.28. The van der Waals surface area contributed by atoms with Crippen LogP contribution in [0.1, 0.15) is 17.5 Å². The van der Waals surface area contributed by atoms with Crippen LogP contribution in [0.2, 0.25) is 0 Å². The van der Waals surface area contributed by atoms with Gasteiger partial charge in [-0.3, -0.25) is 4.79 Å². The molecule has 0 aliphatic heterocycles. The number of ether oxygens (including phenoxy) is 1. The smallest absolute Gasteiger partial charge is 0.307 e. The number of anilines is 1. The van der Waals surface area contributed by atoms with Gasteiger partial charge in [0.1, 0.15) is 0 Å². The second-order valence-electron chi connectivity index (χ2n) is 5.22. The molecule has 22 heavy (non-hydrogen) atoms. The molecule has 0 radical (unpaired) electrons. The molecule has 0 fully saturated rings. The van der Waals surface area contributed by atoms with Crippen LogP contribution in [0.5, 0.6) is 0 Å². The number of alkyl halides is 2. The molecule has 0 saturated carbocycles. The van der Waals surface area contributed by atoms with Crippen LogP contribution in [0.15, 0.2) is 18.2 Å². The van der Waals surface area contributed by atoms with Gasteiger partial charge in [-0.1, -0.05) is 6.07 Å². The van der Waals surface area contributed by atoms with Crippen LogP contribution in [0.4, 0.5) is 5.69 Å². The lowest BCUT2D eigenvalue weighted by Gasteiger charge is -2.24. The first kappa shape index (κ1) is 19.1. The SMILES string of the molecule is COC(=O)CC(N)Cc1ccc(N(CCCl)CCCl)cc1C. The number of esters is 1. The van der Waals surface area contributed by atoms with Gasteiger partial charge in [-0.05, 0) is 36.6 Å². The predicted molar refractivity (Wildman–Crippen MR) is 93.1 cm³/mol. The molecule has 0 heterocycles. The molecule has 0 aliphatic rings. The third-order valence-electron chi connectivity index (χ3n) is 3.54. The minimum absolute atomic E-state index is 0.225. The molecule has 0 aliphatic carbocycles. The summed E-state index contributed by atoms with van der Waals surface area (Å²) in [6.45, 7) is 3.56. The van der Waals surface area contributed by atoms with E-state index in [1.54, 1.807) is 0 Å². The van der Waals surface area contributed by atoms with Crippen molar-refractivity contribution < 1.29 is 9.53 Å². The Hall–Kier alpha value is -0.970. The van der Waals surface area contributed by atoms with Gasteiger partial charge in [-0.2, -0.15) is 0 Å². The Morgan fingerprint density at radius 3 is 2.45 bits per heavy atom. The van der Waals surface area contributed by atoms with Crippen LogP contribution < -0.4 is 10.6 Å². The monoisotopic (exact) mass is 346 g/mol. The number of carbonyl (C=O) groups is 1. The summed E-state index contributed by atoms with van der Waals surface area (Å²) in [4.78, 5) is 13.4. The molecule has 6 heteroatoms. The maximum Gasteiger partial charge on any atom is 0.307 e. The van der Waals surface area contributed by atoms with Crippen molar-refractivity contribution in [3.8, 4) is 0 Å². The van der Waals surface area contributed by atoms with E-state index in [0.717, 1.165) is 29.9 Å². The Balaban J connectivity index is 2.77. The van der Waals surface area contributed by atoms with Gasteiger partial charge < -0.3 is 15.4 Å². The molecule has 0 saturated heterocycles. The summed E-state index contributed by atoms with van der Waals surface area (Å²) < 4.78 is 4.64. The first-order chi connectivity index (χ1) is 10.5. The topological polar surface area (TPSA) is 55.6 Å². The number of methoxy groups -OCH3 is 1. The maximum atomic E-state index is 11.3. The number of nitrogens with two attached hydrogens (primary N) is 1. The van der Waals surface area contributed by atoms with E-state index in [4.69, 9.17) is 28.9 Å². The summed E-state index contributed by atoms with van der Waals surface area (Å²) in [7, 11) is 1.37. The van der Waals surface area contributed by atoms with Crippen LogP contribution in [0.3, 0.4) is 0 Å². The molecule has 1 atom stereocenters. The van der Waals surface area contributed by atoms with Crippen molar-refractivity contribution in [3.63, 3.8) is 0 Å². The van der Waals surface area contributed by atoms with Crippen molar-refractivity contribution in [3.05, 3.63) is 29.3 Å². The minimum Gasteiger partial charge on any atom is -0.469 e. The molecule has 124 valence electrons. The Bertz CT molecular complexity index is 477. The highest BCUT2D eigenvalue weighted by Crippen LogP contribution is 2.21. The molecule has 1 rings (SSSR count). The fourth-order valence-corrected chi connectivity index (χ4v) is 2.74. The van der Waals surface area contributed by atoms with Crippen molar-refractivity contribution in [2.24, 2.45) is 5.73 Å². The Morgan fingerprint density at radius 1 is 1.32 bits per heavy atom. The standard InChI is InChI=1S/C16H24Cl2N2O2/c1-12-9-15(20(7-5-17)8-6-18)4-3-13(12)10-14(19)11-16(21)22-2/h3-4,9,14H,5-8,10-11,19H2,1-2H3. The normalized spacial score (nSPS) is 12.0. The predicted octanol–water partition coefficient (Wildman–Crippen LogP) is 2.71. The number of benzene rings is 1. The van der Waals surface area contributed by atoms with E-state index in [2.05, 4.69) is 21.8 Å². The van der Waals surface area contributed by atoms with Gasteiger partial charge in [-0.15, -0.1) is 23.2 Å². The molecule has 0 amide bonds. The van der Waals surface area contributed by atoms with E-state index >= 15 is 0 Å². The van der Waals surface area contributed by atoms with Gasteiger partial charge in [0.05, 0.1) is 13.5 Å². The third-order valence-corrected chi connectivity index (χ3v) is 3.88. The summed E-state index contributed by atoms with van der Waals surface area (Å²) in [5, 5.41) is 0. The van der Waals surface area contributed by atoms with Gasteiger partial charge in [0.15, 0.2) is 0 Å². The van der Waals surface area contributed by atoms with Crippen molar-refractivity contribution in [1.82, 2.24) is 0 Å². The zero-order valence-electron chi connectivity index (χ0n) is 13.1. The quantitative estimate of drug-likeness (QED) is 0.551. The van der Waals surface area contributed by atoms with Crippen LogP contribution >= 0.6 is 23.2 Å². The molecule has 1 aromatic carbocycles. The van der Waals surface area contributed by atoms with Crippen molar-refractivity contribution in [2.45, 2.75) is 25.8 Å². The molecular formula is C16H24Cl2N2O2. The number of hydrogen-bond donors (Lipinski definition) is 1. The van der Waals surface area contributed by atoms with E-state index in [0.29, 0.717) is 18.2 Å². The van der Waals surface area contributed by atoms with E-state index in [1.807, 2.05) is 13.0 Å². The van der Waals surface area contributed by atoms with Crippen molar-refractivity contribution in [2.75, 3.05) is 36.9 Å². The van der Waals surface area contributed by atoms with Gasteiger partial charge in [-0.25, -0.2) is 0 Å². The second-order valence-corrected chi connectivity index (χ2v) is 5.98.